The van der Waals surface area contributed by atoms with E-state index in [1.54, 1.807) is 11.3 Å². The number of ether oxygens (including phenoxy) is 1. The number of carbonyl (C=O) groups excluding carboxylic acids is 1. The molecule has 1 aliphatic heterocycles. The van der Waals surface area contributed by atoms with Crippen LogP contribution in [0.2, 0.25) is 0 Å². The molecule has 1 aromatic rings. The SMILES string of the molecule is O=C(CNCC1CCCO1)NCCc1cccs1. The Balaban J connectivity index is 1.49. The van der Waals surface area contributed by atoms with Crippen molar-refractivity contribution < 1.29 is 9.53 Å². The molecule has 1 atom stereocenters. The van der Waals surface area contributed by atoms with Gasteiger partial charge in [0.05, 0.1) is 12.6 Å². The van der Waals surface area contributed by atoms with Crippen LogP contribution in [-0.4, -0.2) is 38.3 Å². The Morgan fingerprint density at radius 1 is 1.56 bits per heavy atom. The smallest absolute Gasteiger partial charge is 0.233 e. The molecule has 1 fully saturated rings. The van der Waals surface area contributed by atoms with Gasteiger partial charge in [-0.2, -0.15) is 0 Å². The zero-order valence-corrected chi connectivity index (χ0v) is 11.3. The van der Waals surface area contributed by atoms with Crippen LogP contribution in [0.1, 0.15) is 17.7 Å². The number of rotatable bonds is 7. The van der Waals surface area contributed by atoms with Crippen molar-refractivity contribution in [1.82, 2.24) is 10.6 Å². The summed E-state index contributed by atoms with van der Waals surface area (Å²) in [7, 11) is 0. The number of nitrogens with one attached hydrogen (secondary N) is 2. The van der Waals surface area contributed by atoms with Crippen LogP contribution in [0.4, 0.5) is 0 Å². The second-order valence-corrected chi connectivity index (χ2v) is 5.48. The lowest BCUT2D eigenvalue weighted by atomic mass is 10.2. The minimum atomic E-state index is 0.0598. The average molecular weight is 268 g/mol. The number of hydrogen-bond acceptors (Lipinski definition) is 4. The van der Waals surface area contributed by atoms with E-state index in [0.29, 0.717) is 19.2 Å². The summed E-state index contributed by atoms with van der Waals surface area (Å²) in [6.45, 7) is 2.73. The third kappa shape index (κ3) is 4.76. The molecule has 5 heteroatoms. The first-order valence-corrected chi connectivity index (χ1v) is 7.34. The first-order chi connectivity index (χ1) is 8.84. The highest BCUT2D eigenvalue weighted by Gasteiger charge is 2.14. The molecule has 0 saturated carbocycles. The topological polar surface area (TPSA) is 50.4 Å². The van der Waals surface area contributed by atoms with Crippen LogP contribution >= 0.6 is 11.3 Å². The number of thiophene rings is 1. The van der Waals surface area contributed by atoms with Crippen molar-refractivity contribution in [1.29, 1.82) is 0 Å². The molecule has 0 radical (unpaired) electrons. The highest BCUT2D eigenvalue weighted by molar-refractivity contribution is 7.09. The quantitative estimate of drug-likeness (QED) is 0.780. The molecule has 100 valence electrons. The van der Waals surface area contributed by atoms with Crippen LogP contribution in [0.3, 0.4) is 0 Å². The molecule has 1 aromatic heterocycles. The summed E-state index contributed by atoms with van der Waals surface area (Å²) in [6.07, 6.45) is 3.45. The summed E-state index contributed by atoms with van der Waals surface area (Å²) in [5.74, 6) is 0.0598. The van der Waals surface area contributed by atoms with Gasteiger partial charge >= 0.3 is 0 Å². The highest BCUT2D eigenvalue weighted by atomic mass is 32.1. The Hall–Kier alpha value is -0.910. The molecule has 0 spiro atoms. The second kappa shape index (κ2) is 7.51. The normalized spacial score (nSPS) is 19.0. The fourth-order valence-corrected chi connectivity index (χ4v) is 2.70. The summed E-state index contributed by atoms with van der Waals surface area (Å²) < 4.78 is 5.47. The lowest BCUT2D eigenvalue weighted by molar-refractivity contribution is -0.120. The minimum absolute atomic E-state index is 0.0598. The highest BCUT2D eigenvalue weighted by Crippen LogP contribution is 2.10. The maximum absolute atomic E-state index is 11.5. The summed E-state index contributed by atoms with van der Waals surface area (Å²) in [5.41, 5.74) is 0. The van der Waals surface area contributed by atoms with Crippen molar-refractivity contribution in [3.63, 3.8) is 0 Å². The van der Waals surface area contributed by atoms with Gasteiger partial charge in [0.25, 0.3) is 0 Å². The van der Waals surface area contributed by atoms with Crippen LogP contribution in [0.25, 0.3) is 0 Å². The Morgan fingerprint density at radius 3 is 3.22 bits per heavy atom. The predicted molar refractivity (Wildman–Crippen MR) is 72.9 cm³/mol. The molecule has 2 heterocycles. The third-order valence-electron chi connectivity index (χ3n) is 2.96. The van der Waals surface area contributed by atoms with Crippen LogP contribution < -0.4 is 10.6 Å². The van der Waals surface area contributed by atoms with Crippen molar-refractivity contribution in [3.8, 4) is 0 Å². The van der Waals surface area contributed by atoms with Gasteiger partial charge in [0.2, 0.25) is 5.91 Å². The fourth-order valence-electron chi connectivity index (χ4n) is 1.99. The van der Waals surface area contributed by atoms with E-state index in [-0.39, 0.29) is 5.91 Å². The Labute approximate surface area is 112 Å². The van der Waals surface area contributed by atoms with Crippen LogP contribution in [0, 0.1) is 0 Å². The molecule has 0 bridgehead atoms. The van der Waals surface area contributed by atoms with Crippen molar-refractivity contribution in [2.24, 2.45) is 0 Å². The van der Waals surface area contributed by atoms with Gasteiger partial charge in [-0.25, -0.2) is 0 Å². The molecular weight excluding hydrogens is 248 g/mol. The fraction of sp³-hybridized carbons (Fsp3) is 0.615. The largest absolute Gasteiger partial charge is 0.377 e. The Kier molecular flexibility index (Phi) is 5.64. The molecule has 4 nitrogen and oxygen atoms in total. The maximum atomic E-state index is 11.5. The van der Waals surface area contributed by atoms with Crippen molar-refractivity contribution in [2.45, 2.75) is 25.4 Å². The molecule has 2 rings (SSSR count). The van der Waals surface area contributed by atoms with Gasteiger partial charge in [-0.15, -0.1) is 11.3 Å². The van der Waals surface area contributed by atoms with Gasteiger partial charge in [0, 0.05) is 24.6 Å². The van der Waals surface area contributed by atoms with Crippen molar-refractivity contribution >= 4 is 17.2 Å². The van der Waals surface area contributed by atoms with E-state index in [1.807, 2.05) is 6.07 Å². The number of hydrogen-bond donors (Lipinski definition) is 2. The van der Waals surface area contributed by atoms with Gasteiger partial charge in [0.15, 0.2) is 0 Å². The standard InChI is InChI=1S/C13H20N2O2S/c16-13(10-14-9-11-3-1-7-17-11)15-6-5-12-4-2-8-18-12/h2,4,8,11,14H,1,3,5-7,9-10H2,(H,15,16). The van der Waals surface area contributed by atoms with Gasteiger partial charge in [-0.05, 0) is 30.7 Å². The van der Waals surface area contributed by atoms with Gasteiger partial charge in [0.1, 0.15) is 0 Å². The average Bonchev–Trinajstić information content (AvgIpc) is 3.01. The van der Waals surface area contributed by atoms with Crippen LogP contribution in [0.5, 0.6) is 0 Å². The lowest BCUT2D eigenvalue weighted by Gasteiger charge is -2.10. The van der Waals surface area contributed by atoms with Gasteiger partial charge < -0.3 is 15.4 Å². The monoisotopic (exact) mass is 268 g/mol. The Bertz CT molecular complexity index is 348. The van der Waals surface area contributed by atoms with Crippen molar-refractivity contribution in [2.75, 3.05) is 26.2 Å². The number of carbonyl (C=O) groups is 1. The van der Waals surface area contributed by atoms with Crippen LogP contribution in [-0.2, 0) is 16.0 Å². The zero-order valence-electron chi connectivity index (χ0n) is 10.5. The molecule has 0 aromatic carbocycles. The van der Waals surface area contributed by atoms with E-state index in [9.17, 15) is 4.79 Å². The van der Waals surface area contributed by atoms with Crippen LogP contribution in [0.15, 0.2) is 17.5 Å². The zero-order chi connectivity index (χ0) is 12.6. The predicted octanol–water partition coefficient (Wildman–Crippen LogP) is 1.18. The molecule has 0 aliphatic carbocycles. The van der Waals surface area contributed by atoms with E-state index in [1.165, 1.54) is 4.88 Å². The lowest BCUT2D eigenvalue weighted by Crippen LogP contribution is -2.37. The molecule has 2 N–H and O–H groups in total. The molecule has 1 unspecified atom stereocenters. The van der Waals surface area contributed by atoms with E-state index in [2.05, 4.69) is 22.1 Å². The summed E-state index contributed by atoms with van der Waals surface area (Å²) in [5, 5.41) is 8.10. The van der Waals surface area contributed by atoms with E-state index < -0.39 is 0 Å². The molecule has 1 amide bonds. The summed E-state index contributed by atoms with van der Waals surface area (Å²) in [6, 6.07) is 4.12. The third-order valence-corrected chi connectivity index (χ3v) is 3.89. The second-order valence-electron chi connectivity index (χ2n) is 4.45. The first kappa shape index (κ1) is 13.5. The molecule has 1 saturated heterocycles. The van der Waals surface area contributed by atoms with E-state index in [4.69, 9.17) is 4.74 Å². The maximum Gasteiger partial charge on any atom is 0.233 e. The first-order valence-electron chi connectivity index (χ1n) is 6.46. The van der Waals surface area contributed by atoms with Gasteiger partial charge in [-0.1, -0.05) is 6.07 Å². The van der Waals surface area contributed by atoms with E-state index in [0.717, 1.165) is 32.4 Å². The number of amides is 1. The Morgan fingerprint density at radius 2 is 2.50 bits per heavy atom. The van der Waals surface area contributed by atoms with Gasteiger partial charge in [-0.3, -0.25) is 4.79 Å². The molecular formula is C13H20N2O2S. The molecule has 18 heavy (non-hydrogen) atoms. The van der Waals surface area contributed by atoms with Crippen molar-refractivity contribution in [3.05, 3.63) is 22.4 Å². The summed E-state index contributed by atoms with van der Waals surface area (Å²) in [4.78, 5) is 12.8. The summed E-state index contributed by atoms with van der Waals surface area (Å²) >= 11 is 1.73. The van der Waals surface area contributed by atoms with E-state index >= 15 is 0 Å². The minimum Gasteiger partial charge on any atom is -0.377 e. The molecule has 1 aliphatic rings.